The number of nitrogens with zero attached hydrogens (tertiary/aromatic N) is 4. The first-order valence-electron chi connectivity index (χ1n) is 12.5. The van der Waals surface area contributed by atoms with Gasteiger partial charge in [-0.25, -0.2) is 14.7 Å². The molecule has 0 radical (unpaired) electrons. The van der Waals surface area contributed by atoms with Crippen LogP contribution >= 0.6 is 23.4 Å². The Labute approximate surface area is 247 Å². The van der Waals surface area contributed by atoms with Crippen molar-refractivity contribution < 1.29 is 33.4 Å². The van der Waals surface area contributed by atoms with Crippen LogP contribution in [0.5, 0.6) is 11.5 Å². The van der Waals surface area contributed by atoms with Crippen LogP contribution in [-0.4, -0.2) is 57.4 Å². The van der Waals surface area contributed by atoms with Crippen molar-refractivity contribution in [3.63, 3.8) is 0 Å². The second-order valence-corrected chi connectivity index (χ2v) is 10.7. The molecular formula is C29H19ClN4O7S. The fraction of sp³-hybridized carbons (Fsp3) is 0.138. The third-order valence-electron chi connectivity index (χ3n) is 6.42. The summed E-state index contributed by atoms with van der Waals surface area (Å²) in [6, 6.07) is 17.4. The number of hydrogen-bond acceptors (Lipinski definition) is 11. The molecule has 6 rings (SSSR count). The highest BCUT2D eigenvalue weighted by Crippen LogP contribution is 2.36. The monoisotopic (exact) mass is 602 g/mol. The van der Waals surface area contributed by atoms with Gasteiger partial charge in [-0.2, -0.15) is 5.10 Å². The Kier molecular flexibility index (Phi) is 7.55. The summed E-state index contributed by atoms with van der Waals surface area (Å²) in [4.78, 5) is 56.3. The zero-order chi connectivity index (χ0) is 29.2. The number of ketones is 1. The summed E-state index contributed by atoms with van der Waals surface area (Å²) in [5.41, 5.74) is 2.08. The van der Waals surface area contributed by atoms with Crippen LogP contribution in [0.2, 0.25) is 5.02 Å². The molecule has 11 nitrogen and oxygen atoms in total. The summed E-state index contributed by atoms with van der Waals surface area (Å²) in [5, 5.41) is 8.00. The second kappa shape index (κ2) is 11.6. The van der Waals surface area contributed by atoms with E-state index in [9.17, 15) is 19.2 Å². The molecule has 1 unspecified atom stereocenters. The molecule has 1 saturated heterocycles. The van der Waals surface area contributed by atoms with Crippen LogP contribution in [0.3, 0.4) is 0 Å². The Morgan fingerprint density at radius 1 is 0.976 bits per heavy atom. The van der Waals surface area contributed by atoms with E-state index in [-0.39, 0.29) is 29.7 Å². The highest BCUT2D eigenvalue weighted by molar-refractivity contribution is 8.00. The van der Waals surface area contributed by atoms with E-state index in [1.54, 1.807) is 36.4 Å². The fourth-order valence-corrected chi connectivity index (χ4v) is 5.36. The van der Waals surface area contributed by atoms with Gasteiger partial charge in [0, 0.05) is 22.6 Å². The van der Waals surface area contributed by atoms with Crippen LogP contribution in [-0.2, 0) is 14.3 Å². The quantitative estimate of drug-likeness (QED) is 0.161. The van der Waals surface area contributed by atoms with Gasteiger partial charge in [0.2, 0.25) is 23.8 Å². The van der Waals surface area contributed by atoms with E-state index < -0.39 is 29.6 Å². The first-order valence-corrected chi connectivity index (χ1v) is 13.8. The molecule has 1 fully saturated rings. The third-order valence-corrected chi connectivity index (χ3v) is 7.71. The predicted octanol–water partition coefficient (Wildman–Crippen LogP) is 4.38. The molecule has 2 amide bonds. The number of thioether (sulfide) groups is 1. The van der Waals surface area contributed by atoms with Crippen molar-refractivity contribution in [1.29, 1.82) is 0 Å². The minimum Gasteiger partial charge on any atom is -0.454 e. The maximum Gasteiger partial charge on any atom is 0.338 e. The van der Waals surface area contributed by atoms with E-state index in [0.29, 0.717) is 33.5 Å². The fourth-order valence-electron chi connectivity index (χ4n) is 4.31. The number of halogens is 1. The van der Waals surface area contributed by atoms with E-state index in [1.165, 1.54) is 30.5 Å². The van der Waals surface area contributed by atoms with E-state index in [4.69, 9.17) is 25.8 Å². The summed E-state index contributed by atoms with van der Waals surface area (Å²) in [7, 11) is 0. The molecule has 42 heavy (non-hydrogen) atoms. The SMILES string of the molecule is O=C(COC(=O)c1ccc(N2C(=O)CC(Sc3nncc(-c4ccc5c(c4)OCO5)n3)C2=O)cc1)c1ccc(Cl)cc1. The van der Waals surface area contributed by atoms with Crippen molar-refractivity contribution in [2.45, 2.75) is 16.8 Å². The van der Waals surface area contributed by atoms with Crippen LogP contribution in [0.1, 0.15) is 27.1 Å². The lowest BCUT2D eigenvalue weighted by molar-refractivity contribution is -0.121. The summed E-state index contributed by atoms with van der Waals surface area (Å²) < 4.78 is 15.9. The molecule has 2 aliphatic rings. The Morgan fingerprint density at radius 3 is 2.50 bits per heavy atom. The summed E-state index contributed by atoms with van der Waals surface area (Å²) in [6.07, 6.45) is 1.44. The van der Waals surface area contributed by atoms with Gasteiger partial charge in [-0.1, -0.05) is 23.4 Å². The number of amides is 2. The minimum atomic E-state index is -0.755. The number of aromatic nitrogens is 3. The number of esters is 1. The molecule has 1 aromatic heterocycles. The van der Waals surface area contributed by atoms with Gasteiger partial charge in [0.1, 0.15) is 5.25 Å². The van der Waals surface area contributed by atoms with Gasteiger partial charge < -0.3 is 14.2 Å². The molecule has 4 aromatic rings. The molecule has 0 aliphatic carbocycles. The number of fused-ring (bicyclic) bond motifs is 1. The summed E-state index contributed by atoms with van der Waals surface area (Å²) in [5.74, 6) is -0.706. The van der Waals surface area contributed by atoms with Crippen molar-refractivity contribution in [1.82, 2.24) is 15.2 Å². The minimum absolute atomic E-state index is 0.0578. The van der Waals surface area contributed by atoms with E-state index in [2.05, 4.69) is 15.2 Å². The van der Waals surface area contributed by atoms with Crippen molar-refractivity contribution in [3.8, 4) is 22.8 Å². The van der Waals surface area contributed by atoms with Crippen LogP contribution in [0.25, 0.3) is 11.3 Å². The van der Waals surface area contributed by atoms with Crippen LogP contribution in [0.4, 0.5) is 5.69 Å². The third kappa shape index (κ3) is 5.67. The van der Waals surface area contributed by atoms with Gasteiger partial charge in [-0.15, -0.1) is 5.10 Å². The summed E-state index contributed by atoms with van der Waals surface area (Å²) in [6.45, 7) is -0.299. The number of carbonyl (C=O) groups excluding carboxylic acids is 4. The number of imide groups is 1. The zero-order valence-electron chi connectivity index (χ0n) is 21.6. The van der Waals surface area contributed by atoms with Crippen molar-refractivity contribution in [2.24, 2.45) is 0 Å². The number of anilines is 1. The molecule has 0 spiro atoms. The normalized spacial score (nSPS) is 15.6. The first kappa shape index (κ1) is 27.4. The number of carbonyl (C=O) groups is 4. The molecular weight excluding hydrogens is 584 g/mol. The highest BCUT2D eigenvalue weighted by atomic mass is 35.5. The first-order chi connectivity index (χ1) is 20.4. The number of rotatable bonds is 8. The lowest BCUT2D eigenvalue weighted by atomic mass is 10.1. The van der Waals surface area contributed by atoms with Gasteiger partial charge >= 0.3 is 5.97 Å². The molecule has 0 saturated carbocycles. The van der Waals surface area contributed by atoms with Crippen LogP contribution < -0.4 is 14.4 Å². The predicted molar refractivity (Wildman–Crippen MR) is 151 cm³/mol. The van der Waals surface area contributed by atoms with Crippen LogP contribution in [0.15, 0.2) is 78.1 Å². The molecule has 210 valence electrons. The number of benzene rings is 3. The molecule has 1 atom stereocenters. The molecule has 13 heteroatoms. The number of Topliss-reactive ketones (excluding diaryl/α,β-unsaturated/α-hetero) is 1. The smallest absolute Gasteiger partial charge is 0.338 e. The molecule has 0 N–H and O–H groups in total. The van der Waals surface area contributed by atoms with E-state index >= 15 is 0 Å². The van der Waals surface area contributed by atoms with Gasteiger partial charge in [0.05, 0.1) is 23.1 Å². The van der Waals surface area contributed by atoms with Crippen molar-refractivity contribution >= 4 is 52.6 Å². The van der Waals surface area contributed by atoms with E-state index in [1.807, 2.05) is 6.07 Å². The van der Waals surface area contributed by atoms with Crippen LogP contribution in [0, 0.1) is 0 Å². The Morgan fingerprint density at radius 2 is 1.71 bits per heavy atom. The standard InChI is InChI=1S/C29H19ClN4O7S/c30-19-6-1-16(2-7-19)22(35)14-39-28(38)17-3-8-20(9-4-17)34-26(36)12-25(27(34)37)42-29-32-21(13-31-33-29)18-5-10-23-24(11-18)41-15-40-23/h1-11,13,25H,12,14-15H2. The van der Waals surface area contributed by atoms with E-state index in [0.717, 1.165) is 22.2 Å². The average molecular weight is 603 g/mol. The maximum atomic E-state index is 13.2. The molecule has 0 bridgehead atoms. The largest absolute Gasteiger partial charge is 0.454 e. The zero-order valence-corrected chi connectivity index (χ0v) is 23.1. The second-order valence-electron chi connectivity index (χ2n) is 9.12. The molecule has 3 aromatic carbocycles. The van der Waals surface area contributed by atoms with Gasteiger partial charge in [0.25, 0.3) is 0 Å². The number of ether oxygens (including phenoxy) is 3. The Bertz CT molecular complexity index is 1720. The average Bonchev–Trinajstić information content (AvgIpc) is 3.59. The van der Waals surface area contributed by atoms with Crippen molar-refractivity contribution in [3.05, 3.63) is 89.1 Å². The molecule has 2 aliphatic heterocycles. The topological polar surface area (TPSA) is 138 Å². The lowest BCUT2D eigenvalue weighted by Gasteiger charge is -2.15. The van der Waals surface area contributed by atoms with Gasteiger partial charge in [0.15, 0.2) is 23.9 Å². The van der Waals surface area contributed by atoms with Gasteiger partial charge in [-0.3, -0.25) is 14.4 Å². The number of hydrogen-bond donors (Lipinski definition) is 0. The lowest BCUT2D eigenvalue weighted by Crippen LogP contribution is -2.31. The molecule has 3 heterocycles. The van der Waals surface area contributed by atoms with Crippen molar-refractivity contribution in [2.75, 3.05) is 18.3 Å². The highest BCUT2D eigenvalue weighted by Gasteiger charge is 2.41. The van der Waals surface area contributed by atoms with Gasteiger partial charge in [-0.05, 0) is 66.7 Å². The summed E-state index contributed by atoms with van der Waals surface area (Å²) >= 11 is 6.87. The maximum absolute atomic E-state index is 13.2. The Hall–Kier alpha value is -4.81. The Balaban J connectivity index is 1.09.